The van der Waals surface area contributed by atoms with Gasteiger partial charge in [-0.15, -0.1) is 0 Å². The molecule has 3 heteroatoms. The number of nitrogens with zero attached hydrogens (tertiary/aromatic N) is 1. The molecule has 0 aromatic carbocycles. The summed E-state index contributed by atoms with van der Waals surface area (Å²) in [6.45, 7) is 0. The maximum atomic E-state index is 11.6. The van der Waals surface area contributed by atoms with Gasteiger partial charge < -0.3 is 4.98 Å². The smallest absolute Gasteiger partial charge is 0.269 e. The van der Waals surface area contributed by atoms with Gasteiger partial charge in [0, 0.05) is 18.3 Å². The zero-order chi connectivity index (χ0) is 9.54. The van der Waals surface area contributed by atoms with Gasteiger partial charge in [-0.3, -0.25) is 9.78 Å². The lowest BCUT2D eigenvalue weighted by atomic mass is 9.86. The molecule has 0 aliphatic heterocycles. The molecular weight excluding hydrogens is 176 g/mol. The van der Waals surface area contributed by atoms with E-state index in [1.807, 2.05) is 0 Å². The molecular formula is C11H14N2O. The average molecular weight is 190 g/mol. The molecule has 0 radical (unpaired) electrons. The van der Waals surface area contributed by atoms with Crippen LogP contribution in [0.15, 0.2) is 17.2 Å². The van der Waals surface area contributed by atoms with Gasteiger partial charge in [0.25, 0.3) is 5.56 Å². The van der Waals surface area contributed by atoms with Gasteiger partial charge >= 0.3 is 0 Å². The first-order valence-electron chi connectivity index (χ1n) is 5.38. The maximum Gasteiger partial charge on any atom is 0.269 e. The molecule has 2 aliphatic carbocycles. The van der Waals surface area contributed by atoms with Crippen LogP contribution < -0.4 is 5.56 Å². The van der Waals surface area contributed by atoms with Crippen LogP contribution >= 0.6 is 0 Å². The molecule has 0 spiro atoms. The summed E-state index contributed by atoms with van der Waals surface area (Å²) in [5.74, 6) is 2.04. The van der Waals surface area contributed by atoms with Crippen LogP contribution in [0.25, 0.3) is 0 Å². The maximum absolute atomic E-state index is 11.6. The molecule has 3 atom stereocenters. The largest absolute Gasteiger partial charge is 0.326 e. The lowest BCUT2D eigenvalue weighted by Gasteiger charge is -2.19. The topological polar surface area (TPSA) is 45.8 Å². The van der Waals surface area contributed by atoms with E-state index in [4.69, 9.17) is 0 Å². The van der Waals surface area contributed by atoms with Crippen LogP contribution in [0.4, 0.5) is 0 Å². The Kier molecular flexibility index (Phi) is 1.72. The van der Waals surface area contributed by atoms with E-state index in [0.29, 0.717) is 5.92 Å². The van der Waals surface area contributed by atoms with Crippen LogP contribution in [0.5, 0.6) is 0 Å². The highest BCUT2D eigenvalue weighted by Crippen LogP contribution is 2.51. The Morgan fingerprint density at radius 1 is 1.36 bits per heavy atom. The van der Waals surface area contributed by atoms with Gasteiger partial charge in [0.15, 0.2) is 0 Å². The first kappa shape index (κ1) is 8.21. The SMILES string of the molecule is O=c1[nH]ccnc1C1CC2CCC1C2. The highest BCUT2D eigenvalue weighted by Gasteiger charge is 2.41. The zero-order valence-corrected chi connectivity index (χ0v) is 8.07. The summed E-state index contributed by atoms with van der Waals surface area (Å²) in [5, 5.41) is 0. The number of H-pyrrole nitrogens is 1. The quantitative estimate of drug-likeness (QED) is 0.732. The van der Waals surface area contributed by atoms with E-state index in [2.05, 4.69) is 9.97 Å². The van der Waals surface area contributed by atoms with E-state index >= 15 is 0 Å². The molecule has 3 nitrogen and oxygen atoms in total. The Bertz CT molecular complexity index is 398. The number of fused-ring (bicyclic) bond motifs is 2. The molecule has 0 saturated heterocycles. The number of rotatable bonds is 1. The highest BCUT2D eigenvalue weighted by molar-refractivity contribution is 5.11. The van der Waals surface area contributed by atoms with Crippen molar-refractivity contribution in [3.63, 3.8) is 0 Å². The van der Waals surface area contributed by atoms with E-state index in [1.54, 1.807) is 12.4 Å². The van der Waals surface area contributed by atoms with Crippen LogP contribution in [0.3, 0.4) is 0 Å². The molecule has 0 amide bonds. The summed E-state index contributed by atoms with van der Waals surface area (Å²) in [5.41, 5.74) is 0.796. The second kappa shape index (κ2) is 2.94. The van der Waals surface area contributed by atoms with Crippen LogP contribution in [-0.4, -0.2) is 9.97 Å². The van der Waals surface area contributed by atoms with Gasteiger partial charge in [0.1, 0.15) is 5.69 Å². The predicted octanol–water partition coefficient (Wildman–Crippen LogP) is 1.67. The predicted molar refractivity (Wildman–Crippen MR) is 53.0 cm³/mol. The van der Waals surface area contributed by atoms with Crippen LogP contribution in [0.2, 0.25) is 0 Å². The summed E-state index contributed by atoms with van der Waals surface area (Å²) in [7, 11) is 0. The normalized spacial score (nSPS) is 35.0. The molecule has 3 unspecified atom stereocenters. The van der Waals surface area contributed by atoms with Crippen molar-refractivity contribution in [2.24, 2.45) is 11.8 Å². The molecule has 14 heavy (non-hydrogen) atoms. The Hall–Kier alpha value is -1.12. The fourth-order valence-electron chi connectivity index (χ4n) is 3.21. The molecule has 2 bridgehead atoms. The minimum Gasteiger partial charge on any atom is -0.326 e. The molecule has 1 N–H and O–H groups in total. The average Bonchev–Trinajstić information content (AvgIpc) is 2.79. The highest BCUT2D eigenvalue weighted by atomic mass is 16.1. The van der Waals surface area contributed by atoms with Crippen molar-refractivity contribution >= 4 is 0 Å². The van der Waals surface area contributed by atoms with Crippen molar-refractivity contribution in [2.75, 3.05) is 0 Å². The molecule has 74 valence electrons. The first-order valence-corrected chi connectivity index (χ1v) is 5.38. The number of hydrogen-bond acceptors (Lipinski definition) is 2. The number of aromatic nitrogens is 2. The third-order valence-corrected chi connectivity index (χ3v) is 3.82. The van der Waals surface area contributed by atoms with Crippen LogP contribution in [0, 0.1) is 11.8 Å². The monoisotopic (exact) mass is 190 g/mol. The number of nitrogens with one attached hydrogen (secondary N) is 1. The van der Waals surface area contributed by atoms with Crippen molar-refractivity contribution in [2.45, 2.75) is 31.6 Å². The fourth-order valence-corrected chi connectivity index (χ4v) is 3.21. The van der Waals surface area contributed by atoms with Gasteiger partial charge in [-0.25, -0.2) is 0 Å². The van der Waals surface area contributed by atoms with E-state index < -0.39 is 0 Å². The van der Waals surface area contributed by atoms with Crippen molar-refractivity contribution in [3.8, 4) is 0 Å². The van der Waals surface area contributed by atoms with Gasteiger partial charge in [0.2, 0.25) is 0 Å². The Morgan fingerprint density at radius 3 is 2.93 bits per heavy atom. The minimum absolute atomic E-state index is 0.0186. The summed E-state index contributed by atoms with van der Waals surface area (Å²) in [6.07, 6.45) is 8.48. The third kappa shape index (κ3) is 1.11. The molecule has 2 fully saturated rings. The van der Waals surface area contributed by atoms with Crippen molar-refractivity contribution in [1.29, 1.82) is 0 Å². The summed E-state index contributed by atoms with van der Waals surface area (Å²) < 4.78 is 0. The lowest BCUT2D eigenvalue weighted by molar-refractivity contribution is 0.410. The van der Waals surface area contributed by atoms with E-state index in [1.165, 1.54) is 25.7 Å². The summed E-state index contributed by atoms with van der Waals surface area (Å²) in [4.78, 5) is 18.5. The van der Waals surface area contributed by atoms with Gasteiger partial charge in [0.05, 0.1) is 0 Å². The number of aromatic amines is 1. The Balaban J connectivity index is 1.97. The number of hydrogen-bond donors (Lipinski definition) is 1. The van der Waals surface area contributed by atoms with E-state index in [9.17, 15) is 4.79 Å². The molecule has 3 rings (SSSR count). The van der Waals surface area contributed by atoms with Crippen LogP contribution in [0.1, 0.15) is 37.3 Å². The summed E-state index contributed by atoms with van der Waals surface area (Å²) >= 11 is 0. The fraction of sp³-hybridized carbons (Fsp3) is 0.636. The lowest BCUT2D eigenvalue weighted by Crippen LogP contribution is -2.21. The molecule has 1 aromatic heterocycles. The second-order valence-corrected chi connectivity index (χ2v) is 4.58. The van der Waals surface area contributed by atoms with Crippen molar-refractivity contribution < 1.29 is 0 Å². The summed E-state index contributed by atoms with van der Waals surface area (Å²) in [6, 6.07) is 0. The second-order valence-electron chi connectivity index (χ2n) is 4.58. The van der Waals surface area contributed by atoms with Gasteiger partial charge in [-0.1, -0.05) is 6.42 Å². The molecule has 2 saturated carbocycles. The van der Waals surface area contributed by atoms with Crippen molar-refractivity contribution in [1.82, 2.24) is 9.97 Å². The van der Waals surface area contributed by atoms with Gasteiger partial charge in [-0.05, 0) is 31.1 Å². The Labute approximate surface area is 82.6 Å². The van der Waals surface area contributed by atoms with E-state index in [-0.39, 0.29) is 5.56 Å². The standard InChI is InChI=1S/C11H14N2O/c14-11-10(12-3-4-13-11)9-6-7-1-2-8(9)5-7/h3-4,7-9H,1-2,5-6H2,(H,13,14). The van der Waals surface area contributed by atoms with Crippen LogP contribution in [-0.2, 0) is 0 Å². The molecule has 1 aromatic rings. The minimum atomic E-state index is 0.0186. The van der Waals surface area contributed by atoms with Gasteiger partial charge in [-0.2, -0.15) is 0 Å². The zero-order valence-electron chi connectivity index (χ0n) is 8.07. The first-order chi connectivity index (χ1) is 6.84. The van der Waals surface area contributed by atoms with Crippen molar-refractivity contribution in [3.05, 3.63) is 28.4 Å². The Morgan fingerprint density at radius 2 is 2.29 bits per heavy atom. The molecule has 2 aliphatic rings. The third-order valence-electron chi connectivity index (χ3n) is 3.82. The molecule has 1 heterocycles. The van der Waals surface area contributed by atoms with E-state index in [0.717, 1.165) is 17.5 Å².